The molecule has 0 saturated carbocycles. The Labute approximate surface area is 173 Å². The van der Waals surface area contributed by atoms with Crippen molar-refractivity contribution in [3.63, 3.8) is 0 Å². The molecule has 1 saturated heterocycles. The van der Waals surface area contributed by atoms with Crippen molar-refractivity contribution < 1.29 is 0 Å². The molecule has 1 aliphatic rings. The van der Waals surface area contributed by atoms with Crippen molar-refractivity contribution in [3.8, 4) is 6.07 Å². The average molecular weight is 393 g/mol. The van der Waals surface area contributed by atoms with E-state index in [9.17, 15) is 0 Å². The van der Waals surface area contributed by atoms with Crippen LogP contribution in [0.1, 0.15) is 29.2 Å². The van der Waals surface area contributed by atoms with Crippen LogP contribution in [0.15, 0.2) is 54.6 Å². The minimum Gasteiger partial charge on any atom is -0.355 e. The van der Waals surface area contributed by atoms with Crippen molar-refractivity contribution in [1.29, 1.82) is 5.26 Å². The number of nitrogens with zero attached hydrogens (tertiary/aromatic N) is 3. The van der Waals surface area contributed by atoms with Crippen molar-refractivity contribution >= 4 is 17.3 Å². The largest absolute Gasteiger partial charge is 0.355 e. The predicted octanol–water partition coefficient (Wildman–Crippen LogP) is 3.68. The summed E-state index contributed by atoms with van der Waals surface area (Å²) >= 11 is 5.76. The van der Waals surface area contributed by atoms with Crippen LogP contribution < -0.4 is 5.32 Å². The van der Waals surface area contributed by atoms with Crippen LogP contribution in [-0.2, 0) is 6.42 Å². The number of rotatable bonds is 6. The van der Waals surface area contributed by atoms with Gasteiger partial charge in [-0.1, -0.05) is 60.2 Å². The fraction of sp³-hybridized carbons (Fsp3) is 0.391. The van der Waals surface area contributed by atoms with Crippen LogP contribution in [0.3, 0.4) is 0 Å². The number of nitriles is 1. The van der Waals surface area contributed by atoms with E-state index in [0.29, 0.717) is 6.42 Å². The molecule has 3 rings (SSSR count). The van der Waals surface area contributed by atoms with Crippen molar-refractivity contribution in [2.45, 2.75) is 25.8 Å². The Balaban J connectivity index is 1.63. The van der Waals surface area contributed by atoms with Crippen LogP contribution in [0.2, 0.25) is 0 Å². The molecule has 0 amide bonds. The lowest BCUT2D eigenvalue weighted by Gasteiger charge is -2.37. The molecule has 0 aromatic heterocycles. The zero-order valence-electron chi connectivity index (χ0n) is 16.5. The van der Waals surface area contributed by atoms with Crippen LogP contribution in [0.5, 0.6) is 0 Å². The number of benzene rings is 2. The first kappa shape index (κ1) is 20.3. The molecule has 0 bridgehead atoms. The summed E-state index contributed by atoms with van der Waals surface area (Å²) in [6.45, 7) is 6.69. The summed E-state index contributed by atoms with van der Waals surface area (Å²) in [5, 5.41) is 13.2. The van der Waals surface area contributed by atoms with E-state index in [1.54, 1.807) is 0 Å². The standard InChI is InChI=1S/C23H28N4S/c1-19-8-10-20(11-9-19)18-22(21-6-3-2-4-7-21)25-23(28)27-16-14-26(15-17-27)13-5-12-24/h2-4,6-11,22H,5,13-18H2,1H3,(H,25,28). The van der Waals surface area contributed by atoms with E-state index < -0.39 is 0 Å². The summed E-state index contributed by atoms with van der Waals surface area (Å²) in [5.41, 5.74) is 3.83. The first-order chi connectivity index (χ1) is 13.7. The predicted molar refractivity (Wildman–Crippen MR) is 118 cm³/mol. The zero-order chi connectivity index (χ0) is 19.8. The van der Waals surface area contributed by atoms with Crippen molar-refractivity contribution in [2.75, 3.05) is 32.7 Å². The van der Waals surface area contributed by atoms with Gasteiger partial charge in [0.15, 0.2) is 5.11 Å². The summed E-state index contributed by atoms with van der Waals surface area (Å²) in [6, 6.07) is 21.6. The molecular weight excluding hydrogens is 364 g/mol. The molecule has 1 fully saturated rings. The molecule has 1 heterocycles. The van der Waals surface area contributed by atoms with Crippen LogP contribution in [0, 0.1) is 18.3 Å². The highest BCUT2D eigenvalue weighted by atomic mass is 32.1. The molecule has 1 aliphatic heterocycles. The van der Waals surface area contributed by atoms with Gasteiger partial charge >= 0.3 is 0 Å². The number of nitrogens with one attached hydrogen (secondary N) is 1. The molecular formula is C23H28N4S. The molecule has 1 N–H and O–H groups in total. The third kappa shape index (κ3) is 5.79. The lowest BCUT2D eigenvalue weighted by Crippen LogP contribution is -2.52. The Bertz CT molecular complexity index is 790. The topological polar surface area (TPSA) is 42.3 Å². The number of thiocarbonyl (C=S) groups is 1. The van der Waals surface area contributed by atoms with Crippen molar-refractivity contribution in [3.05, 3.63) is 71.3 Å². The van der Waals surface area contributed by atoms with Gasteiger partial charge in [-0.15, -0.1) is 0 Å². The first-order valence-electron chi connectivity index (χ1n) is 9.91. The molecule has 1 unspecified atom stereocenters. The second-order valence-corrected chi connectivity index (χ2v) is 7.73. The number of piperazine rings is 1. The van der Waals surface area contributed by atoms with E-state index in [-0.39, 0.29) is 6.04 Å². The lowest BCUT2D eigenvalue weighted by atomic mass is 9.98. The van der Waals surface area contributed by atoms with Gasteiger partial charge in [-0.25, -0.2) is 0 Å². The maximum absolute atomic E-state index is 8.76. The van der Waals surface area contributed by atoms with E-state index in [2.05, 4.69) is 76.6 Å². The summed E-state index contributed by atoms with van der Waals surface area (Å²) < 4.78 is 0. The van der Waals surface area contributed by atoms with E-state index in [1.807, 2.05) is 6.07 Å². The smallest absolute Gasteiger partial charge is 0.169 e. The molecule has 5 heteroatoms. The first-order valence-corrected chi connectivity index (χ1v) is 10.3. The zero-order valence-corrected chi connectivity index (χ0v) is 17.3. The van der Waals surface area contributed by atoms with Crippen LogP contribution in [0.25, 0.3) is 0 Å². The van der Waals surface area contributed by atoms with Gasteiger partial charge in [0.1, 0.15) is 0 Å². The quantitative estimate of drug-likeness (QED) is 0.760. The van der Waals surface area contributed by atoms with Gasteiger partial charge in [0.2, 0.25) is 0 Å². The number of hydrogen-bond acceptors (Lipinski definition) is 3. The minimum absolute atomic E-state index is 0.146. The van der Waals surface area contributed by atoms with Gasteiger partial charge in [-0.05, 0) is 36.7 Å². The minimum atomic E-state index is 0.146. The number of aryl methyl sites for hydroxylation is 1. The van der Waals surface area contributed by atoms with Crippen molar-refractivity contribution in [2.24, 2.45) is 0 Å². The van der Waals surface area contributed by atoms with E-state index in [4.69, 9.17) is 17.5 Å². The SMILES string of the molecule is Cc1ccc(CC(NC(=S)N2CCN(CCC#N)CC2)c2ccccc2)cc1. The van der Waals surface area contributed by atoms with Gasteiger partial charge in [-0.3, -0.25) is 4.90 Å². The summed E-state index contributed by atoms with van der Waals surface area (Å²) in [5.74, 6) is 0. The maximum Gasteiger partial charge on any atom is 0.169 e. The third-order valence-corrected chi connectivity index (χ3v) is 5.64. The summed E-state index contributed by atoms with van der Waals surface area (Å²) in [7, 11) is 0. The van der Waals surface area contributed by atoms with Gasteiger partial charge in [0, 0.05) is 39.1 Å². The Morgan fingerprint density at radius 3 is 2.39 bits per heavy atom. The second-order valence-electron chi connectivity index (χ2n) is 7.34. The Morgan fingerprint density at radius 1 is 1.07 bits per heavy atom. The van der Waals surface area contributed by atoms with Crippen molar-refractivity contribution in [1.82, 2.24) is 15.1 Å². The van der Waals surface area contributed by atoms with E-state index in [1.165, 1.54) is 16.7 Å². The molecule has 0 spiro atoms. The Kier molecular flexibility index (Phi) is 7.41. The third-order valence-electron chi connectivity index (χ3n) is 5.26. The normalized spacial score (nSPS) is 15.6. The monoisotopic (exact) mass is 392 g/mol. The molecule has 2 aromatic rings. The molecule has 28 heavy (non-hydrogen) atoms. The maximum atomic E-state index is 8.76. The summed E-state index contributed by atoms with van der Waals surface area (Å²) in [4.78, 5) is 4.59. The van der Waals surface area contributed by atoms with Gasteiger partial charge in [-0.2, -0.15) is 5.26 Å². The van der Waals surface area contributed by atoms with Crippen LogP contribution in [0.4, 0.5) is 0 Å². The molecule has 1 atom stereocenters. The highest BCUT2D eigenvalue weighted by Gasteiger charge is 2.21. The van der Waals surface area contributed by atoms with Crippen LogP contribution >= 0.6 is 12.2 Å². The van der Waals surface area contributed by atoms with Gasteiger partial charge < -0.3 is 10.2 Å². The molecule has 0 aliphatic carbocycles. The average Bonchev–Trinajstić information content (AvgIpc) is 2.74. The Hall–Kier alpha value is -2.42. The fourth-order valence-corrected chi connectivity index (χ4v) is 3.85. The highest BCUT2D eigenvalue weighted by Crippen LogP contribution is 2.19. The van der Waals surface area contributed by atoms with E-state index >= 15 is 0 Å². The van der Waals surface area contributed by atoms with E-state index in [0.717, 1.165) is 44.3 Å². The highest BCUT2D eigenvalue weighted by molar-refractivity contribution is 7.80. The molecule has 146 valence electrons. The molecule has 0 radical (unpaired) electrons. The Morgan fingerprint density at radius 2 is 1.75 bits per heavy atom. The lowest BCUT2D eigenvalue weighted by molar-refractivity contribution is 0.183. The number of hydrogen-bond donors (Lipinski definition) is 1. The fourth-order valence-electron chi connectivity index (χ4n) is 3.52. The molecule has 4 nitrogen and oxygen atoms in total. The van der Waals surface area contributed by atoms with Gasteiger partial charge in [0.05, 0.1) is 12.1 Å². The van der Waals surface area contributed by atoms with Crippen LogP contribution in [-0.4, -0.2) is 47.6 Å². The summed E-state index contributed by atoms with van der Waals surface area (Å²) in [6.07, 6.45) is 1.49. The molecule has 2 aromatic carbocycles. The van der Waals surface area contributed by atoms with Gasteiger partial charge in [0.25, 0.3) is 0 Å². The second kappa shape index (κ2) is 10.2.